The average molecular weight is 334 g/mol. The van der Waals surface area contributed by atoms with E-state index in [1.807, 2.05) is 30.5 Å². The zero-order valence-electron chi connectivity index (χ0n) is 13.3. The van der Waals surface area contributed by atoms with E-state index in [0.29, 0.717) is 24.5 Å². The molecule has 1 aliphatic rings. The second-order valence-electron chi connectivity index (χ2n) is 6.39. The van der Waals surface area contributed by atoms with Gasteiger partial charge in [-0.2, -0.15) is 0 Å². The van der Waals surface area contributed by atoms with Crippen molar-refractivity contribution in [1.82, 2.24) is 25.2 Å². The van der Waals surface area contributed by atoms with Gasteiger partial charge in [-0.15, -0.1) is 5.10 Å². The lowest BCUT2D eigenvalue weighted by Gasteiger charge is -2.35. The van der Waals surface area contributed by atoms with Gasteiger partial charge in [0.25, 0.3) is 0 Å². The molecule has 0 atom stereocenters. The molecule has 1 amide bonds. The molecule has 7 heteroatoms. The molecule has 1 aromatic carbocycles. The molecular formula is C16H20ClN5O. The van der Waals surface area contributed by atoms with Crippen LogP contribution in [0.1, 0.15) is 26.0 Å². The molecule has 0 radical (unpaired) electrons. The Balaban J connectivity index is 1.75. The third-order valence-electron chi connectivity index (χ3n) is 4.14. The van der Waals surface area contributed by atoms with Crippen LogP contribution >= 0.6 is 11.6 Å². The molecule has 1 N–H and O–H groups in total. The van der Waals surface area contributed by atoms with Gasteiger partial charge in [-0.1, -0.05) is 16.8 Å². The highest BCUT2D eigenvalue weighted by molar-refractivity contribution is 6.30. The fourth-order valence-electron chi connectivity index (χ4n) is 2.78. The summed E-state index contributed by atoms with van der Waals surface area (Å²) in [5, 5.41) is 12.0. The highest BCUT2D eigenvalue weighted by atomic mass is 35.5. The molecule has 0 bridgehead atoms. The number of amides is 1. The van der Waals surface area contributed by atoms with E-state index >= 15 is 0 Å². The number of carbonyl (C=O) groups is 1. The van der Waals surface area contributed by atoms with Crippen molar-refractivity contribution in [3.8, 4) is 5.69 Å². The average Bonchev–Trinajstić information content (AvgIpc) is 2.90. The molecule has 23 heavy (non-hydrogen) atoms. The van der Waals surface area contributed by atoms with Gasteiger partial charge in [0.2, 0.25) is 5.91 Å². The number of rotatable bonds is 3. The van der Waals surface area contributed by atoms with Crippen LogP contribution < -0.4 is 5.32 Å². The molecule has 1 fully saturated rings. The zero-order valence-corrected chi connectivity index (χ0v) is 14.0. The van der Waals surface area contributed by atoms with E-state index in [-0.39, 0.29) is 11.4 Å². The number of hydrogen-bond donors (Lipinski definition) is 1. The Bertz CT molecular complexity index is 695. The summed E-state index contributed by atoms with van der Waals surface area (Å²) < 4.78 is 1.74. The normalized spacial score (nSPS) is 18.5. The zero-order chi connectivity index (χ0) is 16.4. The maximum Gasteiger partial charge on any atom is 0.221 e. The third kappa shape index (κ3) is 3.71. The van der Waals surface area contributed by atoms with Crippen LogP contribution in [0, 0.1) is 0 Å². The lowest BCUT2D eigenvalue weighted by atomic mass is 9.98. The van der Waals surface area contributed by atoms with Crippen LogP contribution in [0.3, 0.4) is 0 Å². The molecule has 0 saturated carbocycles. The van der Waals surface area contributed by atoms with Crippen molar-refractivity contribution >= 4 is 17.5 Å². The minimum absolute atomic E-state index is 0.0994. The number of carbonyl (C=O) groups excluding carboxylic acids is 1. The predicted molar refractivity (Wildman–Crippen MR) is 88.5 cm³/mol. The van der Waals surface area contributed by atoms with Gasteiger partial charge in [-0.3, -0.25) is 9.69 Å². The van der Waals surface area contributed by atoms with Gasteiger partial charge in [0.05, 0.1) is 17.6 Å². The Kier molecular flexibility index (Phi) is 4.37. The molecule has 3 rings (SSSR count). The first-order valence-corrected chi connectivity index (χ1v) is 8.01. The quantitative estimate of drug-likeness (QED) is 0.933. The minimum Gasteiger partial charge on any atom is -0.355 e. The summed E-state index contributed by atoms with van der Waals surface area (Å²) in [7, 11) is 0. The van der Waals surface area contributed by atoms with Crippen LogP contribution in [0.2, 0.25) is 5.02 Å². The lowest BCUT2D eigenvalue weighted by Crippen LogP contribution is -2.44. The molecule has 2 aromatic rings. The first-order valence-electron chi connectivity index (χ1n) is 7.63. The molecule has 1 aromatic heterocycles. The topological polar surface area (TPSA) is 63.1 Å². The standard InChI is InChI=1S/C16H20ClN5O/c1-16(2)9-15(23)18-7-8-21(16)10-13-11-22(20-19-13)14-5-3-12(17)4-6-14/h3-6,11H,7-10H2,1-2H3,(H,18,23). The number of benzene rings is 1. The summed E-state index contributed by atoms with van der Waals surface area (Å²) in [4.78, 5) is 14.0. The molecular weight excluding hydrogens is 314 g/mol. The monoisotopic (exact) mass is 333 g/mol. The highest BCUT2D eigenvalue weighted by Crippen LogP contribution is 2.22. The molecule has 1 saturated heterocycles. The Morgan fingerprint density at radius 2 is 2.04 bits per heavy atom. The number of halogens is 1. The Morgan fingerprint density at radius 1 is 1.30 bits per heavy atom. The van der Waals surface area contributed by atoms with Crippen LogP contribution in [-0.4, -0.2) is 44.4 Å². The molecule has 6 nitrogen and oxygen atoms in total. The molecule has 2 heterocycles. The van der Waals surface area contributed by atoms with Crippen LogP contribution in [0.25, 0.3) is 5.69 Å². The number of hydrogen-bond acceptors (Lipinski definition) is 4. The first-order chi connectivity index (χ1) is 10.9. The largest absolute Gasteiger partial charge is 0.355 e. The fourth-order valence-corrected chi connectivity index (χ4v) is 2.91. The SMILES string of the molecule is CC1(C)CC(=O)NCCN1Cc1cn(-c2ccc(Cl)cc2)nn1. The third-order valence-corrected chi connectivity index (χ3v) is 4.39. The Labute approximate surface area is 140 Å². The van der Waals surface area contributed by atoms with Crippen molar-refractivity contribution in [2.75, 3.05) is 13.1 Å². The van der Waals surface area contributed by atoms with E-state index in [2.05, 4.69) is 34.4 Å². The van der Waals surface area contributed by atoms with E-state index in [1.165, 1.54) is 0 Å². The Hall–Kier alpha value is -1.92. The van der Waals surface area contributed by atoms with Gasteiger partial charge >= 0.3 is 0 Å². The summed E-state index contributed by atoms with van der Waals surface area (Å²) in [5.74, 6) is 0.0994. The van der Waals surface area contributed by atoms with Crippen molar-refractivity contribution in [1.29, 1.82) is 0 Å². The smallest absolute Gasteiger partial charge is 0.221 e. The number of nitrogens with zero attached hydrogens (tertiary/aromatic N) is 4. The minimum atomic E-state index is -0.204. The van der Waals surface area contributed by atoms with Gasteiger partial charge in [0.1, 0.15) is 0 Å². The van der Waals surface area contributed by atoms with Crippen molar-refractivity contribution in [3.63, 3.8) is 0 Å². The van der Waals surface area contributed by atoms with E-state index in [0.717, 1.165) is 17.9 Å². The van der Waals surface area contributed by atoms with Crippen LogP contribution in [0.5, 0.6) is 0 Å². The summed E-state index contributed by atoms with van der Waals surface area (Å²) in [6, 6.07) is 7.46. The molecule has 1 aliphatic heterocycles. The van der Waals surface area contributed by atoms with Gasteiger partial charge in [-0.05, 0) is 38.1 Å². The predicted octanol–water partition coefficient (Wildman–Crippen LogP) is 2.02. The number of nitrogens with one attached hydrogen (secondary N) is 1. The van der Waals surface area contributed by atoms with E-state index < -0.39 is 0 Å². The summed E-state index contributed by atoms with van der Waals surface area (Å²) >= 11 is 5.91. The van der Waals surface area contributed by atoms with Crippen molar-refractivity contribution < 1.29 is 4.79 Å². The van der Waals surface area contributed by atoms with E-state index in [1.54, 1.807) is 4.68 Å². The summed E-state index contributed by atoms with van der Waals surface area (Å²) in [6.45, 7) is 6.29. The van der Waals surface area contributed by atoms with Crippen LogP contribution in [-0.2, 0) is 11.3 Å². The van der Waals surface area contributed by atoms with Gasteiger partial charge < -0.3 is 5.32 Å². The lowest BCUT2D eigenvalue weighted by molar-refractivity contribution is -0.122. The van der Waals surface area contributed by atoms with Gasteiger partial charge in [-0.25, -0.2) is 4.68 Å². The second-order valence-corrected chi connectivity index (χ2v) is 6.83. The summed E-state index contributed by atoms with van der Waals surface area (Å²) in [5.41, 5.74) is 1.59. The van der Waals surface area contributed by atoms with Crippen molar-refractivity contribution in [3.05, 3.63) is 41.2 Å². The van der Waals surface area contributed by atoms with E-state index in [9.17, 15) is 4.79 Å². The second kappa shape index (κ2) is 6.29. The maximum absolute atomic E-state index is 11.7. The number of aromatic nitrogens is 3. The summed E-state index contributed by atoms with van der Waals surface area (Å²) in [6.07, 6.45) is 2.40. The molecule has 0 unspecified atom stereocenters. The van der Waals surface area contributed by atoms with E-state index in [4.69, 9.17) is 11.6 Å². The molecule has 0 spiro atoms. The van der Waals surface area contributed by atoms with Crippen molar-refractivity contribution in [2.45, 2.75) is 32.4 Å². The van der Waals surface area contributed by atoms with Gasteiger partial charge in [0.15, 0.2) is 0 Å². The fraction of sp³-hybridized carbons (Fsp3) is 0.438. The van der Waals surface area contributed by atoms with Crippen LogP contribution in [0.15, 0.2) is 30.5 Å². The van der Waals surface area contributed by atoms with Crippen molar-refractivity contribution in [2.24, 2.45) is 0 Å². The van der Waals surface area contributed by atoms with Gasteiger partial charge in [0, 0.05) is 36.6 Å². The maximum atomic E-state index is 11.7. The molecule has 122 valence electrons. The highest BCUT2D eigenvalue weighted by Gasteiger charge is 2.32. The molecule has 0 aliphatic carbocycles. The van der Waals surface area contributed by atoms with Crippen LogP contribution in [0.4, 0.5) is 0 Å². The Morgan fingerprint density at radius 3 is 2.78 bits per heavy atom. The first kappa shape index (κ1) is 16.0.